The number of amides is 1. The molecule has 124 valence electrons. The van der Waals surface area contributed by atoms with E-state index < -0.39 is 0 Å². The minimum atomic E-state index is -0.237. The van der Waals surface area contributed by atoms with E-state index in [2.05, 4.69) is 33.3 Å². The van der Waals surface area contributed by atoms with E-state index in [-0.39, 0.29) is 12.5 Å². The molecule has 0 bridgehead atoms. The predicted octanol–water partition coefficient (Wildman–Crippen LogP) is 2.67. The maximum absolute atomic E-state index is 11.8. The Balaban J connectivity index is 1.84. The molecule has 2 rings (SSSR count). The Morgan fingerprint density at radius 1 is 1.38 bits per heavy atom. The van der Waals surface area contributed by atoms with Crippen molar-refractivity contribution >= 4 is 28.5 Å². The number of aryl methyl sites for hydroxylation is 3. The van der Waals surface area contributed by atoms with Crippen molar-refractivity contribution in [3.8, 4) is 6.07 Å². The molecule has 2 aromatic rings. The number of aromatic nitrogens is 1. The van der Waals surface area contributed by atoms with Gasteiger partial charge >= 0.3 is 0 Å². The number of allylic oxidation sites excluding steroid dienone is 1. The van der Waals surface area contributed by atoms with Crippen molar-refractivity contribution in [1.82, 2.24) is 15.8 Å². The summed E-state index contributed by atoms with van der Waals surface area (Å²) in [5.41, 5.74) is 9.58. The molecule has 24 heavy (non-hydrogen) atoms. The van der Waals surface area contributed by atoms with Gasteiger partial charge < -0.3 is 10.7 Å². The quantitative estimate of drug-likeness (QED) is 0.555. The van der Waals surface area contributed by atoms with Gasteiger partial charge in [0.1, 0.15) is 16.6 Å². The summed E-state index contributed by atoms with van der Waals surface area (Å²) in [7, 11) is 0. The number of carbonyl (C=O) groups excluding carboxylic acids is 1. The molecule has 0 aliphatic heterocycles. The third-order valence-electron chi connectivity index (χ3n) is 3.22. The van der Waals surface area contributed by atoms with Crippen LogP contribution in [0.15, 0.2) is 29.8 Å². The number of nitriles is 1. The lowest BCUT2D eigenvalue weighted by molar-refractivity contribution is -0.120. The first-order valence-electron chi connectivity index (χ1n) is 7.38. The first-order valence-corrected chi connectivity index (χ1v) is 8.26. The molecular weight excluding hydrogens is 322 g/mol. The summed E-state index contributed by atoms with van der Waals surface area (Å²) in [4.78, 5) is 16.1. The highest BCUT2D eigenvalue weighted by Gasteiger charge is 2.06. The van der Waals surface area contributed by atoms with Gasteiger partial charge in [-0.3, -0.25) is 10.2 Å². The second-order valence-electron chi connectivity index (χ2n) is 5.33. The lowest BCUT2D eigenvalue weighted by Crippen LogP contribution is -2.37. The molecule has 6 nitrogen and oxygen atoms in total. The SMILES string of the molecule is Cc1ccc(NCC(=O)NN/C=C(\C#N)c2nc(C)cs2)c(C)c1. The van der Waals surface area contributed by atoms with Crippen LogP contribution in [0.4, 0.5) is 5.69 Å². The number of nitrogens with zero attached hydrogens (tertiary/aromatic N) is 2. The van der Waals surface area contributed by atoms with Crippen LogP contribution in [0.25, 0.3) is 5.57 Å². The average Bonchev–Trinajstić information content (AvgIpc) is 2.97. The topological polar surface area (TPSA) is 89.8 Å². The summed E-state index contributed by atoms with van der Waals surface area (Å²) < 4.78 is 0. The Bertz CT molecular complexity index is 804. The first-order chi connectivity index (χ1) is 11.5. The molecule has 0 spiro atoms. The zero-order valence-electron chi connectivity index (χ0n) is 13.8. The fraction of sp³-hybridized carbons (Fsp3) is 0.235. The zero-order valence-corrected chi connectivity index (χ0v) is 14.6. The third kappa shape index (κ3) is 4.83. The van der Waals surface area contributed by atoms with E-state index in [0.29, 0.717) is 10.6 Å². The Morgan fingerprint density at radius 2 is 2.17 bits per heavy atom. The lowest BCUT2D eigenvalue weighted by atomic mass is 10.1. The van der Waals surface area contributed by atoms with E-state index in [4.69, 9.17) is 5.26 Å². The largest absolute Gasteiger partial charge is 0.376 e. The van der Waals surface area contributed by atoms with Crippen molar-refractivity contribution in [2.75, 3.05) is 11.9 Å². The first kappa shape index (κ1) is 17.5. The Hall–Kier alpha value is -2.85. The molecule has 0 aliphatic rings. The summed E-state index contributed by atoms with van der Waals surface area (Å²) in [6.45, 7) is 6.01. The van der Waals surface area contributed by atoms with Crippen molar-refractivity contribution in [3.63, 3.8) is 0 Å². The van der Waals surface area contributed by atoms with Crippen LogP contribution in [-0.4, -0.2) is 17.4 Å². The van der Waals surface area contributed by atoms with Gasteiger partial charge in [-0.15, -0.1) is 11.3 Å². The Morgan fingerprint density at radius 3 is 2.79 bits per heavy atom. The second kappa shape index (κ2) is 8.13. The fourth-order valence-corrected chi connectivity index (χ4v) is 2.80. The third-order valence-corrected chi connectivity index (χ3v) is 4.21. The van der Waals surface area contributed by atoms with Crippen LogP contribution < -0.4 is 16.2 Å². The van der Waals surface area contributed by atoms with Gasteiger partial charge in [-0.2, -0.15) is 5.26 Å². The number of benzene rings is 1. The minimum Gasteiger partial charge on any atom is -0.376 e. The summed E-state index contributed by atoms with van der Waals surface area (Å²) in [6.07, 6.45) is 1.44. The van der Waals surface area contributed by atoms with E-state index in [1.807, 2.05) is 38.3 Å². The minimum absolute atomic E-state index is 0.128. The summed E-state index contributed by atoms with van der Waals surface area (Å²) in [5.74, 6) is -0.237. The molecule has 0 unspecified atom stereocenters. The standard InChI is InChI=1S/C17H19N5OS/c1-11-4-5-15(12(2)6-11)19-9-16(23)22-20-8-14(7-18)17-21-13(3)10-24-17/h4-6,8,10,19-20H,9H2,1-3H3,(H,22,23)/b14-8+. The van der Waals surface area contributed by atoms with Crippen LogP contribution in [0.1, 0.15) is 21.8 Å². The summed E-state index contributed by atoms with van der Waals surface area (Å²) in [5, 5.41) is 14.7. The smallest absolute Gasteiger partial charge is 0.257 e. The molecule has 0 saturated carbocycles. The molecule has 3 N–H and O–H groups in total. The van der Waals surface area contributed by atoms with Gasteiger partial charge in [0.15, 0.2) is 0 Å². The average molecular weight is 341 g/mol. The van der Waals surface area contributed by atoms with Crippen LogP contribution >= 0.6 is 11.3 Å². The number of anilines is 1. The molecule has 0 fully saturated rings. The number of rotatable bonds is 6. The van der Waals surface area contributed by atoms with Gasteiger partial charge in [-0.05, 0) is 32.4 Å². The van der Waals surface area contributed by atoms with Crippen molar-refractivity contribution in [1.29, 1.82) is 5.26 Å². The van der Waals surface area contributed by atoms with Crippen LogP contribution in [0, 0.1) is 32.1 Å². The molecule has 1 heterocycles. The van der Waals surface area contributed by atoms with E-state index in [1.165, 1.54) is 23.1 Å². The maximum Gasteiger partial charge on any atom is 0.257 e. The molecule has 0 radical (unpaired) electrons. The van der Waals surface area contributed by atoms with Crippen molar-refractivity contribution in [2.45, 2.75) is 20.8 Å². The monoisotopic (exact) mass is 341 g/mol. The van der Waals surface area contributed by atoms with E-state index >= 15 is 0 Å². The fourth-order valence-electron chi connectivity index (χ4n) is 2.04. The van der Waals surface area contributed by atoms with Crippen LogP contribution in [0.3, 0.4) is 0 Å². The van der Waals surface area contributed by atoms with Crippen LogP contribution in [-0.2, 0) is 4.79 Å². The summed E-state index contributed by atoms with van der Waals surface area (Å²) in [6, 6.07) is 8.05. The van der Waals surface area contributed by atoms with Gasteiger partial charge in [0.2, 0.25) is 0 Å². The van der Waals surface area contributed by atoms with Gasteiger partial charge in [-0.1, -0.05) is 17.7 Å². The van der Waals surface area contributed by atoms with Crippen molar-refractivity contribution < 1.29 is 4.79 Å². The van der Waals surface area contributed by atoms with E-state index in [9.17, 15) is 4.79 Å². The van der Waals surface area contributed by atoms with Gasteiger partial charge in [0.25, 0.3) is 5.91 Å². The Kier molecular flexibility index (Phi) is 5.93. The van der Waals surface area contributed by atoms with Gasteiger partial charge in [0.05, 0.1) is 6.54 Å². The molecule has 7 heteroatoms. The molecular formula is C17H19N5OS. The highest BCUT2D eigenvalue weighted by atomic mass is 32.1. The van der Waals surface area contributed by atoms with Crippen molar-refractivity contribution in [3.05, 3.63) is 51.6 Å². The number of carbonyl (C=O) groups is 1. The Labute approximate surface area is 145 Å². The van der Waals surface area contributed by atoms with Crippen LogP contribution in [0.5, 0.6) is 0 Å². The predicted molar refractivity (Wildman–Crippen MR) is 96.1 cm³/mol. The van der Waals surface area contributed by atoms with Crippen molar-refractivity contribution in [2.24, 2.45) is 0 Å². The highest BCUT2D eigenvalue weighted by molar-refractivity contribution is 7.10. The molecule has 1 aromatic carbocycles. The number of thiazole rings is 1. The highest BCUT2D eigenvalue weighted by Crippen LogP contribution is 2.17. The summed E-state index contributed by atoms with van der Waals surface area (Å²) >= 11 is 1.38. The molecule has 0 atom stereocenters. The molecule has 1 amide bonds. The zero-order chi connectivity index (χ0) is 17.5. The van der Waals surface area contributed by atoms with Gasteiger partial charge in [-0.25, -0.2) is 4.98 Å². The number of hydrogen-bond acceptors (Lipinski definition) is 6. The van der Waals surface area contributed by atoms with E-state index in [0.717, 1.165) is 16.9 Å². The van der Waals surface area contributed by atoms with Gasteiger partial charge in [0, 0.05) is 23.0 Å². The molecule has 1 aromatic heterocycles. The number of hydrazine groups is 1. The molecule has 0 saturated heterocycles. The number of hydrogen-bond donors (Lipinski definition) is 3. The van der Waals surface area contributed by atoms with E-state index in [1.54, 1.807) is 0 Å². The normalized spacial score (nSPS) is 10.8. The molecule has 0 aliphatic carbocycles. The number of nitrogens with one attached hydrogen (secondary N) is 3. The maximum atomic E-state index is 11.8. The van der Waals surface area contributed by atoms with Crippen LogP contribution in [0.2, 0.25) is 0 Å². The second-order valence-corrected chi connectivity index (χ2v) is 6.19. The lowest BCUT2D eigenvalue weighted by Gasteiger charge is -2.10.